The van der Waals surface area contributed by atoms with Crippen LogP contribution in [0, 0.1) is 6.92 Å². The van der Waals surface area contributed by atoms with Gasteiger partial charge in [0.25, 0.3) is 0 Å². The number of carbonyl (C=O) groups is 1. The van der Waals surface area contributed by atoms with E-state index in [1.165, 1.54) is 10.6 Å². The lowest BCUT2D eigenvalue weighted by molar-refractivity contribution is 0.238. The van der Waals surface area contributed by atoms with Crippen LogP contribution in [0.3, 0.4) is 0 Å². The first-order valence-corrected chi connectivity index (χ1v) is 10.1. The minimum Gasteiger partial charge on any atom is -0.335 e. The normalized spacial score (nSPS) is 16.4. The number of urea groups is 1. The van der Waals surface area contributed by atoms with Crippen LogP contribution >= 0.6 is 0 Å². The summed E-state index contributed by atoms with van der Waals surface area (Å²) < 4.78 is 26.0. The Morgan fingerprint density at radius 2 is 2.00 bits per heavy atom. The summed E-state index contributed by atoms with van der Waals surface area (Å²) in [5.74, 6) is 0.643. The monoisotopic (exact) mass is 379 g/mol. The van der Waals surface area contributed by atoms with Crippen molar-refractivity contribution in [3.05, 3.63) is 30.1 Å². The number of hydrogen-bond acceptors (Lipinski definition) is 6. The highest BCUT2D eigenvalue weighted by Gasteiger charge is 2.25. The van der Waals surface area contributed by atoms with E-state index < -0.39 is 10.0 Å². The van der Waals surface area contributed by atoms with E-state index in [9.17, 15) is 13.2 Å². The van der Waals surface area contributed by atoms with Crippen LogP contribution in [-0.4, -0.2) is 64.3 Å². The average Bonchev–Trinajstić information content (AvgIpc) is 3.01. The third kappa shape index (κ3) is 4.35. The highest BCUT2D eigenvalue weighted by atomic mass is 32.2. The smallest absolute Gasteiger partial charge is 0.319 e. The molecular formula is C15H21N7O3S. The molecule has 0 radical (unpaired) electrons. The molecule has 140 valence electrons. The second kappa shape index (κ2) is 7.38. The van der Waals surface area contributed by atoms with Crippen LogP contribution in [0.1, 0.15) is 18.7 Å². The van der Waals surface area contributed by atoms with Gasteiger partial charge in [-0.15, -0.1) is 5.10 Å². The fourth-order valence-corrected chi connectivity index (χ4v) is 3.74. The fourth-order valence-electron chi connectivity index (χ4n) is 2.87. The van der Waals surface area contributed by atoms with Crippen LogP contribution in [0.25, 0.3) is 5.69 Å². The van der Waals surface area contributed by atoms with Gasteiger partial charge in [-0.3, -0.25) is 0 Å². The molecule has 0 saturated carbocycles. The summed E-state index contributed by atoms with van der Waals surface area (Å²) in [6.07, 6.45) is 2.38. The zero-order chi connectivity index (χ0) is 18.7. The molecule has 0 spiro atoms. The van der Waals surface area contributed by atoms with Crippen molar-refractivity contribution in [1.29, 1.82) is 0 Å². The number of tetrazole rings is 1. The number of piperidine rings is 1. The minimum absolute atomic E-state index is 0.0575. The molecule has 26 heavy (non-hydrogen) atoms. The summed E-state index contributed by atoms with van der Waals surface area (Å²) in [5.41, 5.74) is 1.36. The van der Waals surface area contributed by atoms with Gasteiger partial charge in [0.2, 0.25) is 10.0 Å². The standard InChI is InChI=1S/C15H21N7O3S/c1-11-18-19-20-22(11)14-5-3-4-13(10-14)17-15(23)16-12-6-8-21(9-7-12)26(2,24)25/h3-5,10,12H,6-9H2,1-2H3,(H2,16,17,23). The number of nitrogens with zero attached hydrogens (tertiary/aromatic N) is 5. The Hall–Kier alpha value is -2.53. The molecule has 0 bridgehead atoms. The Bertz CT molecular complexity index is 888. The predicted octanol–water partition coefficient (Wildman–Crippen LogP) is 0.516. The maximum atomic E-state index is 12.2. The van der Waals surface area contributed by atoms with Crippen molar-refractivity contribution in [2.45, 2.75) is 25.8 Å². The van der Waals surface area contributed by atoms with Gasteiger partial charge in [-0.2, -0.15) is 4.68 Å². The Morgan fingerprint density at radius 3 is 2.62 bits per heavy atom. The lowest BCUT2D eigenvalue weighted by Crippen LogP contribution is -2.47. The summed E-state index contributed by atoms with van der Waals surface area (Å²) in [6.45, 7) is 2.62. The summed E-state index contributed by atoms with van der Waals surface area (Å²) in [4.78, 5) is 12.2. The molecule has 11 heteroatoms. The number of anilines is 1. The van der Waals surface area contributed by atoms with Crippen LogP contribution in [0.15, 0.2) is 24.3 Å². The van der Waals surface area contributed by atoms with E-state index in [2.05, 4.69) is 26.2 Å². The molecule has 2 heterocycles. The Labute approximate surface area is 151 Å². The zero-order valence-corrected chi connectivity index (χ0v) is 15.4. The molecule has 0 unspecified atom stereocenters. The third-order valence-electron chi connectivity index (χ3n) is 4.23. The van der Waals surface area contributed by atoms with Gasteiger partial charge < -0.3 is 10.6 Å². The number of aryl methyl sites for hydroxylation is 1. The van der Waals surface area contributed by atoms with E-state index in [4.69, 9.17) is 0 Å². The summed E-state index contributed by atoms with van der Waals surface area (Å²) in [6, 6.07) is 6.81. The van der Waals surface area contributed by atoms with Gasteiger partial charge >= 0.3 is 6.03 Å². The Balaban J connectivity index is 1.57. The molecule has 1 saturated heterocycles. The SMILES string of the molecule is Cc1nnnn1-c1cccc(NC(=O)NC2CCN(S(C)(=O)=O)CC2)c1. The maximum Gasteiger partial charge on any atom is 0.319 e. The van der Waals surface area contributed by atoms with Crippen molar-refractivity contribution < 1.29 is 13.2 Å². The lowest BCUT2D eigenvalue weighted by atomic mass is 10.1. The van der Waals surface area contributed by atoms with Gasteiger partial charge in [0.1, 0.15) is 0 Å². The van der Waals surface area contributed by atoms with Crippen LogP contribution in [0.4, 0.5) is 10.5 Å². The molecule has 2 N–H and O–H groups in total. The van der Waals surface area contributed by atoms with Gasteiger partial charge in [0, 0.05) is 24.8 Å². The zero-order valence-electron chi connectivity index (χ0n) is 14.6. The molecule has 1 aliphatic rings. The van der Waals surface area contributed by atoms with Crippen LogP contribution in [-0.2, 0) is 10.0 Å². The van der Waals surface area contributed by atoms with Gasteiger partial charge in [0.05, 0.1) is 11.9 Å². The fraction of sp³-hybridized carbons (Fsp3) is 0.467. The molecule has 1 aromatic heterocycles. The number of amides is 2. The second-order valence-corrected chi connectivity index (χ2v) is 8.21. The molecule has 1 aliphatic heterocycles. The molecule has 2 amide bonds. The van der Waals surface area contributed by atoms with E-state index in [1.54, 1.807) is 29.8 Å². The second-order valence-electron chi connectivity index (χ2n) is 6.22. The summed E-state index contributed by atoms with van der Waals surface area (Å²) in [5, 5.41) is 17.0. The van der Waals surface area contributed by atoms with Crippen molar-refractivity contribution in [2.75, 3.05) is 24.7 Å². The molecule has 10 nitrogen and oxygen atoms in total. The minimum atomic E-state index is -3.17. The van der Waals surface area contributed by atoms with E-state index >= 15 is 0 Å². The van der Waals surface area contributed by atoms with E-state index in [-0.39, 0.29) is 12.1 Å². The van der Waals surface area contributed by atoms with Crippen molar-refractivity contribution in [3.63, 3.8) is 0 Å². The number of carbonyl (C=O) groups excluding carboxylic acids is 1. The number of nitrogens with one attached hydrogen (secondary N) is 2. The molecular weight excluding hydrogens is 358 g/mol. The first-order chi connectivity index (χ1) is 12.3. The Morgan fingerprint density at radius 1 is 1.27 bits per heavy atom. The Kier molecular flexibility index (Phi) is 5.18. The molecule has 1 fully saturated rings. The third-order valence-corrected chi connectivity index (χ3v) is 5.54. The number of hydrogen-bond donors (Lipinski definition) is 2. The van der Waals surface area contributed by atoms with Crippen LogP contribution in [0.2, 0.25) is 0 Å². The number of rotatable bonds is 4. The van der Waals surface area contributed by atoms with Crippen molar-refractivity contribution in [3.8, 4) is 5.69 Å². The quantitative estimate of drug-likeness (QED) is 0.798. The van der Waals surface area contributed by atoms with E-state index in [0.717, 1.165) is 5.69 Å². The van der Waals surface area contributed by atoms with Gasteiger partial charge in [0.15, 0.2) is 5.82 Å². The number of aromatic nitrogens is 4. The molecule has 3 rings (SSSR count). The first-order valence-electron chi connectivity index (χ1n) is 8.21. The summed E-state index contributed by atoms with van der Waals surface area (Å²) in [7, 11) is -3.17. The largest absolute Gasteiger partial charge is 0.335 e. The topological polar surface area (TPSA) is 122 Å². The number of sulfonamides is 1. The molecule has 1 aromatic carbocycles. The lowest BCUT2D eigenvalue weighted by Gasteiger charge is -2.30. The van der Waals surface area contributed by atoms with E-state index in [1.807, 2.05) is 6.07 Å². The van der Waals surface area contributed by atoms with Crippen molar-refractivity contribution in [2.24, 2.45) is 0 Å². The number of benzene rings is 1. The van der Waals surface area contributed by atoms with Gasteiger partial charge in [-0.05, 0) is 48.4 Å². The van der Waals surface area contributed by atoms with Crippen molar-refractivity contribution in [1.82, 2.24) is 29.8 Å². The molecule has 0 aliphatic carbocycles. The predicted molar refractivity (Wildman–Crippen MR) is 95.5 cm³/mol. The van der Waals surface area contributed by atoms with Crippen molar-refractivity contribution >= 4 is 21.7 Å². The first kappa shape index (κ1) is 18.3. The van der Waals surface area contributed by atoms with Gasteiger partial charge in [-0.25, -0.2) is 17.5 Å². The summed E-state index contributed by atoms with van der Waals surface area (Å²) >= 11 is 0. The van der Waals surface area contributed by atoms with Crippen LogP contribution in [0.5, 0.6) is 0 Å². The van der Waals surface area contributed by atoms with E-state index in [0.29, 0.717) is 37.4 Å². The highest BCUT2D eigenvalue weighted by molar-refractivity contribution is 7.88. The average molecular weight is 379 g/mol. The maximum absolute atomic E-state index is 12.2. The van der Waals surface area contributed by atoms with Crippen LogP contribution < -0.4 is 10.6 Å². The molecule has 0 atom stereocenters. The molecule has 2 aromatic rings. The van der Waals surface area contributed by atoms with Gasteiger partial charge in [-0.1, -0.05) is 6.07 Å². The highest BCUT2D eigenvalue weighted by Crippen LogP contribution is 2.16.